The van der Waals surface area contributed by atoms with Crippen LogP contribution in [0.3, 0.4) is 0 Å². The molecule has 0 unspecified atom stereocenters. The molecule has 0 heterocycles. The van der Waals surface area contributed by atoms with E-state index in [4.69, 9.17) is 0 Å². The summed E-state index contributed by atoms with van der Waals surface area (Å²) in [6.07, 6.45) is 8.76. The summed E-state index contributed by atoms with van der Waals surface area (Å²) >= 11 is 1.41. The Balaban J connectivity index is 2.60. The summed E-state index contributed by atoms with van der Waals surface area (Å²) in [7, 11) is 0. The summed E-state index contributed by atoms with van der Waals surface area (Å²) in [4.78, 5) is 0. The second-order valence-electron chi connectivity index (χ2n) is 2.77. The van der Waals surface area contributed by atoms with Crippen molar-refractivity contribution in [3.63, 3.8) is 0 Å². The molecular weight excluding hydrogens is 119 g/mol. The molecule has 0 aromatic carbocycles. The van der Waals surface area contributed by atoms with Crippen molar-refractivity contribution < 1.29 is 0 Å². The van der Waals surface area contributed by atoms with Crippen LogP contribution in [0, 0.1) is 0 Å². The number of rotatable bonds is 6. The van der Waals surface area contributed by atoms with E-state index in [2.05, 4.69) is 6.92 Å². The monoisotopic (exact) mass is 136 g/mol. The van der Waals surface area contributed by atoms with Crippen molar-refractivity contribution in [2.75, 3.05) is 0 Å². The molecule has 0 nitrogen and oxygen atoms in total. The van der Waals surface area contributed by atoms with E-state index in [1.165, 1.54) is 70.1 Å². The van der Waals surface area contributed by atoms with Gasteiger partial charge in [0, 0.05) is 0 Å². The van der Waals surface area contributed by atoms with Gasteiger partial charge >= 0.3 is 77.0 Å². The first kappa shape index (κ1) is 10.0. The van der Waals surface area contributed by atoms with Crippen LogP contribution < -0.4 is 0 Å². The molecule has 0 atom stereocenters. The van der Waals surface area contributed by atoms with Gasteiger partial charge in [-0.15, -0.1) is 0 Å². The van der Waals surface area contributed by atoms with Crippen molar-refractivity contribution >= 4 is 27.9 Å². The van der Waals surface area contributed by atoms with Gasteiger partial charge in [-0.05, 0) is 0 Å². The van der Waals surface area contributed by atoms with Gasteiger partial charge in [0.15, 0.2) is 0 Å². The van der Waals surface area contributed by atoms with Crippen LogP contribution in [0.25, 0.3) is 0 Å². The Morgan fingerprint density at radius 2 is 1.44 bits per heavy atom. The predicted octanol–water partition coefficient (Wildman–Crippen LogP) is 2.93. The summed E-state index contributed by atoms with van der Waals surface area (Å²) in [5.41, 5.74) is 0. The normalized spacial score (nSPS) is 10.1. The van der Waals surface area contributed by atoms with Crippen molar-refractivity contribution in [2.24, 2.45) is 0 Å². The average Bonchev–Trinajstić information content (AvgIpc) is 1.89. The molecule has 0 rings (SSSR count). The van der Waals surface area contributed by atoms with E-state index in [1.807, 2.05) is 0 Å². The van der Waals surface area contributed by atoms with Crippen LogP contribution in [0.2, 0.25) is 3.67 Å². The molecule has 0 fully saturated rings. The Labute approximate surface area is 76.8 Å². The molecule has 0 amide bonds. The van der Waals surface area contributed by atoms with Crippen molar-refractivity contribution in [1.82, 2.24) is 0 Å². The van der Waals surface area contributed by atoms with Gasteiger partial charge in [-0.3, -0.25) is 0 Å². The SMILES string of the molecule is CCCCCCC[CH2][Na]. The molecular formula is C8H17Na. The molecule has 0 radical (unpaired) electrons. The minimum absolute atomic E-state index is 1.38. The summed E-state index contributed by atoms with van der Waals surface area (Å²) < 4.78 is 1.51. The van der Waals surface area contributed by atoms with Crippen LogP contribution in [0.5, 0.6) is 0 Å². The maximum absolute atomic E-state index is 2.27. The second-order valence-corrected chi connectivity index (χ2v) is 3.77. The third-order valence-electron chi connectivity index (χ3n) is 1.71. The second kappa shape index (κ2) is 9.00. The molecule has 0 aliphatic heterocycles. The Morgan fingerprint density at radius 1 is 0.889 bits per heavy atom. The van der Waals surface area contributed by atoms with Crippen LogP contribution >= 0.6 is 0 Å². The van der Waals surface area contributed by atoms with Crippen molar-refractivity contribution in [2.45, 2.75) is 49.1 Å². The van der Waals surface area contributed by atoms with Crippen molar-refractivity contribution in [3.8, 4) is 0 Å². The topological polar surface area (TPSA) is 0 Å². The first-order chi connectivity index (χ1) is 4.41. The molecule has 0 aliphatic carbocycles. The molecule has 50 valence electrons. The van der Waals surface area contributed by atoms with Gasteiger partial charge in [0.25, 0.3) is 0 Å². The van der Waals surface area contributed by atoms with Crippen LogP contribution in [0.1, 0.15) is 45.4 Å². The zero-order valence-corrected chi connectivity index (χ0v) is 8.95. The van der Waals surface area contributed by atoms with E-state index in [9.17, 15) is 0 Å². The Kier molecular flexibility index (Phi) is 10.0. The minimum atomic E-state index is 1.38. The molecule has 0 aliphatic rings. The van der Waals surface area contributed by atoms with Crippen LogP contribution in [-0.4, -0.2) is 27.9 Å². The van der Waals surface area contributed by atoms with Gasteiger partial charge in [-0.1, -0.05) is 0 Å². The van der Waals surface area contributed by atoms with E-state index in [1.54, 1.807) is 0 Å². The molecule has 0 N–H and O–H groups in total. The first-order valence-electron chi connectivity index (χ1n) is 4.41. The summed E-state index contributed by atoms with van der Waals surface area (Å²) in [6.45, 7) is 2.27. The van der Waals surface area contributed by atoms with E-state index in [0.717, 1.165) is 0 Å². The quantitative estimate of drug-likeness (QED) is 0.389. The fourth-order valence-electron chi connectivity index (χ4n) is 1.03. The Morgan fingerprint density at radius 3 is 2.00 bits per heavy atom. The Hall–Kier alpha value is 1.00. The molecule has 0 saturated heterocycles. The van der Waals surface area contributed by atoms with Crippen LogP contribution in [0.4, 0.5) is 0 Å². The molecule has 0 bridgehead atoms. The number of hydrogen-bond acceptors (Lipinski definition) is 0. The molecule has 9 heavy (non-hydrogen) atoms. The first-order valence-corrected chi connectivity index (χ1v) is 5.83. The third-order valence-corrected chi connectivity index (χ3v) is 2.41. The van der Waals surface area contributed by atoms with Gasteiger partial charge in [0.05, 0.1) is 0 Å². The number of unbranched alkanes of at least 4 members (excludes halogenated alkanes) is 5. The molecule has 1 heteroatoms. The average molecular weight is 136 g/mol. The summed E-state index contributed by atoms with van der Waals surface area (Å²) in [5.74, 6) is 0. The van der Waals surface area contributed by atoms with E-state index < -0.39 is 0 Å². The fourth-order valence-corrected chi connectivity index (χ4v) is 1.53. The number of hydrogen-bond donors (Lipinski definition) is 0. The zero-order chi connectivity index (χ0) is 6.95. The molecule has 0 aromatic rings. The van der Waals surface area contributed by atoms with Crippen molar-refractivity contribution in [1.29, 1.82) is 0 Å². The molecule has 0 spiro atoms. The molecule has 0 saturated carbocycles. The van der Waals surface area contributed by atoms with Crippen LogP contribution in [-0.2, 0) is 0 Å². The predicted molar refractivity (Wildman–Crippen MR) is 43.9 cm³/mol. The fraction of sp³-hybridized carbons (Fsp3) is 1.00. The van der Waals surface area contributed by atoms with Gasteiger partial charge in [0.2, 0.25) is 0 Å². The Bertz CT molecular complexity index is 37.8. The maximum atomic E-state index is 2.27. The third kappa shape index (κ3) is 9.00. The van der Waals surface area contributed by atoms with Gasteiger partial charge in [-0.25, -0.2) is 0 Å². The van der Waals surface area contributed by atoms with Gasteiger partial charge in [0.1, 0.15) is 0 Å². The van der Waals surface area contributed by atoms with Crippen molar-refractivity contribution in [3.05, 3.63) is 0 Å². The summed E-state index contributed by atoms with van der Waals surface area (Å²) in [5, 5.41) is 0. The van der Waals surface area contributed by atoms with Gasteiger partial charge in [-0.2, -0.15) is 0 Å². The van der Waals surface area contributed by atoms with E-state index in [0.29, 0.717) is 0 Å². The van der Waals surface area contributed by atoms with Gasteiger partial charge < -0.3 is 0 Å². The van der Waals surface area contributed by atoms with Crippen LogP contribution in [0.15, 0.2) is 0 Å². The summed E-state index contributed by atoms with van der Waals surface area (Å²) in [6, 6.07) is 0. The standard InChI is InChI=1S/C8H17.Na/c1-3-5-7-8-6-4-2;/h1,3-8H2,2H3;. The van der Waals surface area contributed by atoms with E-state index in [-0.39, 0.29) is 0 Å². The molecule has 0 aromatic heterocycles. The zero-order valence-electron chi connectivity index (χ0n) is 6.95. The van der Waals surface area contributed by atoms with E-state index >= 15 is 0 Å².